The number of rotatable bonds is 4. The highest BCUT2D eigenvalue weighted by Gasteiger charge is 2.19. The largest absolute Gasteiger partial charge is 0.311 e. The van der Waals surface area contributed by atoms with Crippen LogP contribution in [0.4, 0.5) is 11.5 Å². The molecule has 0 saturated heterocycles. The van der Waals surface area contributed by atoms with E-state index < -0.39 is 4.92 Å². The standard InChI is InChI=1S/C8H9N7O2S/c1-14-4-10-13-8(14)18-7-5(15(16)17)2-3-6(11-7)12-9/h2-4H,9H2,1H3,(H,11,12). The average Bonchev–Trinajstić information content (AvgIpc) is 2.74. The maximum atomic E-state index is 10.9. The zero-order valence-corrected chi connectivity index (χ0v) is 10.1. The first-order valence-electron chi connectivity index (χ1n) is 4.75. The van der Waals surface area contributed by atoms with Crippen LogP contribution in [-0.2, 0) is 7.05 Å². The summed E-state index contributed by atoms with van der Waals surface area (Å²) in [6, 6.07) is 2.76. The summed E-state index contributed by atoms with van der Waals surface area (Å²) in [5.74, 6) is 5.56. The Hall–Kier alpha value is -2.20. The summed E-state index contributed by atoms with van der Waals surface area (Å²) in [6.45, 7) is 0. The number of nitro groups is 1. The minimum absolute atomic E-state index is 0.109. The zero-order chi connectivity index (χ0) is 13.1. The number of hydrogen-bond acceptors (Lipinski definition) is 8. The molecule has 0 unspecified atom stereocenters. The monoisotopic (exact) mass is 267 g/mol. The minimum atomic E-state index is -0.508. The molecule has 0 fully saturated rings. The Morgan fingerprint density at radius 2 is 2.33 bits per heavy atom. The Morgan fingerprint density at radius 1 is 1.56 bits per heavy atom. The van der Waals surface area contributed by atoms with Crippen molar-refractivity contribution in [3.8, 4) is 0 Å². The number of nitrogens with one attached hydrogen (secondary N) is 1. The van der Waals surface area contributed by atoms with Gasteiger partial charge in [-0.05, 0) is 17.8 Å². The van der Waals surface area contributed by atoms with Crippen LogP contribution < -0.4 is 11.3 Å². The molecule has 0 bridgehead atoms. The lowest BCUT2D eigenvalue weighted by atomic mass is 10.4. The van der Waals surface area contributed by atoms with Crippen LogP contribution in [0.15, 0.2) is 28.6 Å². The number of hydrazine groups is 1. The summed E-state index contributed by atoms with van der Waals surface area (Å²) in [5, 5.41) is 19.1. The molecule has 0 aliphatic carbocycles. The van der Waals surface area contributed by atoms with E-state index in [9.17, 15) is 10.1 Å². The van der Waals surface area contributed by atoms with Gasteiger partial charge in [-0.25, -0.2) is 10.8 Å². The maximum Gasteiger partial charge on any atom is 0.301 e. The number of aryl methyl sites for hydroxylation is 1. The highest BCUT2D eigenvalue weighted by molar-refractivity contribution is 7.99. The van der Waals surface area contributed by atoms with Crippen LogP contribution in [0.2, 0.25) is 0 Å². The van der Waals surface area contributed by atoms with Gasteiger partial charge >= 0.3 is 5.69 Å². The molecule has 0 aliphatic rings. The van der Waals surface area contributed by atoms with Gasteiger partial charge in [0, 0.05) is 13.1 Å². The molecule has 0 spiro atoms. The topological polar surface area (TPSA) is 125 Å². The van der Waals surface area contributed by atoms with Crippen LogP contribution >= 0.6 is 11.8 Å². The van der Waals surface area contributed by atoms with E-state index in [-0.39, 0.29) is 10.7 Å². The third-order valence-corrected chi connectivity index (χ3v) is 3.09. The highest BCUT2D eigenvalue weighted by Crippen LogP contribution is 2.32. The summed E-state index contributed by atoms with van der Waals surface area (Å²) in [5.41, 5.74) is 2.23. The first-order chi connectivity index (χ1) is 8.61. The van der Waals surface area contributed by atoms with Gasteiger partial charge in [-0.2, -0.15) is 0 Å². The van der Waals surface area contributed by atoms with Gasteiger partial charge < -0.3 is 9.99 Å². The summed E-state index contributed by atoms with van der Waals surface area (Å²) < 4.78 is 1.64. The first-order valence-corrected chi connectivity index (χ1v) is 5.57. The second kappa shape index (κ2) is 4.98. The maximum absolute atomic E-state index is 10.9. The number of nitrogens with two attached hydrogens (primary N) is 1. The SMILES string of the molecule is Cn1cnnc1Sc1nc(NN)ccc1[N+](=O)[O-]. The van der Waals surface area contributed by atoms with Crippen molar-refractivity contribution >= 4 is 23.3 Å². The molecular formula is C8H9N7O2S. The molecule has 18 heavy (non-hydrogen) atoms. The van der Waals surface area contributed by atoms with Gasteiger partial charge in [0.05, 0.1) is 4.92 Å². The predicted molar refractivity (Wildman–Crippen MR) is 63.8 cm³/mol. The van der Waals surface area contributed by atoms with E-state index in [2.05, 4.69) is 20.6 Å². The normalized spacial score (nSPS) is 10.3. The Bertz CT molecular complexity index is 585. The van der Waals surface area contributed by atoms with Gasteiger partial charge in [0.15, 0.2) is 10.2 Å². The molecule has 2 rings (SSSR count). The number of pyridine rings is 1. The summed E-state index contributed by atoms with van der Waals surface area (Å²) in [7, 11) is 1.74. The lowest BCUT2D eigenvalue weighted by molar-refractivity contribution is -0.388. The van der Waals surface area contributed by atoms with E-state index in [1.807, 2.05) is 0 Å². The summed E-state index contributed by atoms with van der Waals surface area (Å²) in [4.78, 5) is 14.4. The molecular weight excluding hydrogens is 258 g/mol. The Labute approximate surface area is 106 Å². The quantitative estimate of drug-likeness (QED) is 0.467. The summed E-state index contributed by atoms with van der Waals surface area (Å²) >= 11 is 1.05. The Balaban J connectivity index is 2.41. The molecule has 0 atom stereocenters. The molecule has 94 valence electrons. The highest BCUT2D eigenvalue weighted by atomic mass is 32.2. The smallest absolute Gasteiger partial charge is 0.301 e. The number of hydrogen-bond donors (Lipinski definition) is 2. The zero-order valence-electron chi connectivity index (χ0n) is 9.27. The van der Waals surface area contributed by atoms with E-state index in [0.29, 0.717) is 11.0 Å². The molecule has 0 aromatic carbocycles. The molecule has 3 N–H and O–H groups in total. The lowest BCUT2D eigenvalue weighted by Crippen LogP contribution is -2.09. The van der Waals surface area contributed by atoms with Crippen molar-refractivity contribution in [2.45, 2.75) is 10.2 Å². The molecule has 2 aromatic rings. The van der Waals surface area contributed by atoms with Crippen LogP contribution in [0.5, 0.6) is 0 Å². The predicted octanol–water partition coefficient (Wildman–Crippen LogP) is 0.555. The molecule has 0 amide bonds. The van der Waals surface area contributed by atoms with Gasteiger partial charge in [0.25, 0.3) is 0 Å². The molecule has 9 nitrogen and oxygen atoms in total. The van der Waals surface area contributed by atoms with E-state index in [1.165, 1.54) is 18.5 Å². The van der Waals surface area contributed by atoms with Gasteiger partial charge in [-0.15, -0.1) is 10.2 Å². The fourth-order valence-electron chi connectivity index (χ4n) is 1.18. The van der Waals surface area contributed by atoms with Crippen molar-refractivity contribution in [2.24, 2.45) is 12.9 Å². The van der Waals surface area contributed by atoms with Crippen LogP contribution in [0, 0.1) is 10.1 Å². The minimum Gasteiger partial charge on any atom is -0.311 e. The molecule has 0 radical (unpaired) electrons. The average molecular weight is 267 g/mol. The van der Waals surface area contributed by atoms with Crippen LogP contribution in [0.25, 0.3) is 0 Å². The van der Waals surface area contributed by atoms with Gasteiger partial charge in [-0.3, -0.25) is 10.1 Å². The van der Waals surface area contributed by atoms with Crippen molar-refractivity contribution in [1.29, 1.82) is 0 Å². The van der Waals surface area contributed by atoms with Crippen molar-refractivity contribution in [3.05, 3.63) is 28.6 Å². The fourth-order valence-corrected chi connectivity index (χ4v) is 2.02. The third kappa shape index (κ3) is 2.38. The second-order valence-corrected chi connectivity index (χ2v) is 4.20. The van der Waals surface area contributed by atoms with Gasteiger partial charge in [-0.1, -0.05) is 0 Å². The Kier molecular flexibility index (Phi) is 3.39. The van der Waals surface area contributed by atoms with E-state index in [1.54, 1.807) is 11.6 Å². The van der Waals surface area contributed by atoms with E-state index >= 15 is 0 Å². The number of anilines is 1. The summed E-state index contributed by atoms with van der Waals surface area (Å²) in [6.07, 6.45) is 1.50. The Morgan fingerprint density at radius 3 is 2.89 bits per heavy atom. The van der Waals surface area contributed by atoms with E-state index in [4.69, 9.17) is 5.84 Å². The third-order valence-electron chi connectivity index (χ3n) is 2.04. The lowest BCUT2D eigenvalue weighted by Gasteiger charge is -2.04. The molecule has 0 aliphatic heterocycles. The van der Waals surface area contributed by atoms with Crippen LogP contribution in [0.3, 0.4) is 0 Å². The first kappa shape index (κ1) is 12.3. The molecule has 2 aromatic heterocycles. The van der Waals surface area contributed by atoms with Gasteiger partial charge in [0.2, 0.25) is 0 Å². The molecule has 0 saturated carbocycles. The second-order valence-electron chi connectivity index (χ2n) is 3.25. The van der Waals surface area contributed by atoms with Crippen LogP contribution in [-0.4, -0.2) is 24.7 Å². The van der Waals surface area contributed by atoms with Crippen molar-refractivity contribution in [1.82, 2.24) is 19.7 Å². The number of aromatic nitrogens is 4. The number of nitrogens with zero attached hydrogens (tertiary/aromatic N) is 5. The van der Waals surface area contributed by atoms with Crippen molar-refractivity contribution in [2.75, 3.05) is 5.43 Å². The van der Waals surface area contributed by atoms with Crippen molar-refractivity contribution in [3.63, 3.8) is 0 Å². The fraction of sp³-hybridized carbons (Fsp3) is 0.125. The van der Waals surface area contributed by atoms with Crippen molar-refractivity contribution < 1.29 is 4.92 Å². The number of nitrogen functional groups attached to an aromatic ring is 1. The molecule has 2 heterocycles. The van der Waals surface area contributed by atoms with Gasteiger partial charge in [0.1, 0.15) is 12.1 Å². The molecule has 10 heteroatoms. The van der Waals surface area contributed by atoms with E-state index in [0.717, 1.165) is 11.8 Å². The van der Waals surface area contributed by atoms with Crippen LogP contribution in [0.1, 0.15) is 0 Å².